The van der Waals surface area contributed by atoms with Gasteiger partial charge >= 0.3 is 5.97 Å². The number of nitrogens with zero attached hydrogens (tertiary/aromatic N) is 1. The number of carboxylic acid groups (broad SMARTS) is 1. The van der Waals surface area contributed by atoms with Crippen LogP contribution in [0.4, 0.5) is 0 Å². The molecule has 9 nitrogen and oxygen atoms in total. The molecule has 3 amide bonds. The molecule has 0 spiro atoms. The van der Waals surface area contributed by atoms with Crippen molar-refractivity contribution in [2.75, 3.05) is 6.54 Å². The molecule has 1 aromatic carbocycles. The summed E-state index contributed by atoms with van der Waals surface area (Å²) in [5.74, 6) is -2.26. The number of hydrogen-bond acceptors (Lipinski definition) is 5. The monoisotopic (exact) mass is 488 g/mol. The minimum atomic E-state index is -1.14. The van der Waals surface area contributed by atoms with E-state index in [1.807, 2.05) is 45.9 Å². The molecule has 0 aromatic heterocycles. The van der Waals surface area contributed by atoms with Crippen LogP contribution < -0.4 is 16.4 Å². The molecule has 1 aromatic rings. The van der Waals surface area contributed by atoms with E-state index in [0.717, 1.165) is 12.0 Å². The Labute approximate surface area is 207 Å². The molecule has 9 heteroatoms. The lowest BCUT2D eigenvalue weighted by molar-refractivity contribution is -0.145. The molecular weight excluding hydrogens is 448 g/mol. The maximum atomic E-state index is 13.5. The molecule has 35 heavy (non-hydrogen) atoms. The van der Waals surface area contributed by atoms with Crippen LogP contribution in [0.2, 0.25) is 0 Å². The van der Waals surface area contributed by atoms with Crippen LogP contribution in [-0.4, -0.2) is 64.4 Å². The highest BCUT2D eigenvalue weighted by atomic mass is 16.4. The largest absolute Gasteiger partial charge is 0.480 e. The fraction of sp³-hybridized carbons (Fsp3) is 0.615. The smallest absolute Gasteiger partial charge is 0.326 e. The molecule has 2 rings (SSSR count). The van der Waals surface area contributed by atoms with Crippen molar-refractivity contribution < 1.29 is 24.3 Å². The minimum absolute atomic E-state index is 0.0346. The summed E-state index contributed by atoms with van der Waals surface area (Å²) in [6.45, 7) is 8.12. The average molecular weight is 489 g/mol. The topological polar surface area (TPSA) is 142 Å². The number of aliphatic carboxylic acids is 1. The number of nitrogens with one attached hydrogen (secondary N) is 2. The van der Waals surface area contributed by atoms with E-state index in [1.165, 1.54) is 4.90 Å². The molecule has 194 valence electrons. The lowest BCUT2D eigenvalue weighted by atomic mass is 9.97. The summed E-state index contributed by atoms with van der Waals surface area (Å²) >= 11 is 0. The zero-order chi connectivity index (χ0) is 26.1. The van der Waals surface area contributed by atoms with Crippen molar-refractivity contribution in [3.63, 3.8) is 0 Å². The Morgan fingerprint density at radius 3 is 2.31 bits per heavy atom. The maximum Gasteiger partial charge on any atom is 0.326 e. The third kappa shape index (κ3) is 8.06. The molecule has 0 radical (unpaired) electrons. The fourth-order valence-electron chi connectivity index (χ4n) is 4.29. The van der Waals surface area contributed by atoms with Gasteiger partial charge in [0, 0.05) is 13.0 Å². The highest BCUT2D eigenvalue weighted by Crippen LogP contribution is 2.21. The van der Waals surface area contributed by atoms with Crippen LogP contribution in [-0.2, 0) is 25.6 Å². The van der Waals surface area contributed by atoms with Crippen LogP contribution in [0.1, 0.15) is 58.9 Å². The van der Waals surface area contributed by atoms with Gasteiger partial charge in [0.1, 0.15) is 18.1 Å². The van der Waals surface area contributed by atoms with Gasteiger partial charge in [0.05, 0.1) is 6.04 Å². The molecular formula is C26H40N4O5. The van der Waals surface area contributed by atoms with E-state index in [-0.39, 0.29) is 30.1 Å². The van der Waals surface area contributed by atoms with Crippen LogP contribution in [0, 0.1) is 11.8 Å². The van der Waals surface area contributed by atoms with Gasteiger partial charge in [0.25, 0.3) is 0 Å². The van der Waals surface area contributed by atoms with Gasteiger partial charge in [-0.3, -0.25) is 14.4 Å². The predicted molar refractivity (Wildman–Crippen MR) is 133 cm³/mol. The van der Waals surface area contributed by atoms with E-state index in [2.05, 4.69) is 10.6 Å². The molecule has 1 aliphatic rings. The second-order valence-electron chi connectivity index (χ2n) is 9.88. The Bertz CT molecular complexity index is 876. The quantitative estimate of drug-likeness (QED) is 0.353. The van der Waals surface area contributed by atoms with Gasteiger partial charge in [-0.05, 0) is 36.7 Å². The van der Waals surface area contributed by atoms with Crippen molar-refractivity contribution in [3.05, 3.63) is 35.9 Å². The summed E-state index contributed by atoms with van der Waals surface area (Å²) in [6, 6.07) is 5.64. The average Bonchev–Trinajstić information content (AvgIpc) is 3.32. The third-order valence-corrected chi connectivity index (χ3v) is 6.62. The molecule has 0 bridgehead atoms. The van der Waals surface area contributed by atoms with Crippen molar-refractivity contribution in [2.24, 2.45) is 17.6 Å². The number of likely N-dealkylation sites (tertiary alicyclic amines) is 1. The van der Waals surface area contributed by atoms with Crippen molar-refractivity contribution in [1.82, 2.24) is 15.5 Å². The van der Waals surface area contributed by atoms with Crippen LogP contribution in [0.15, 0.2) is 30.3 Å². The van der Waals surface area contributed by atoms with E-state index in [9.17, 15) is 24.3 Å². The Hall–Kier alpha value is -2.94. The van der Waals surface area contributed by atoms with Crippen LogP contribution in [0.5, 0.6) is 0 Å². The first-order valence-corrected chi connectivity index (χ1v) is 12.5. The Morgan fingerprint density at radius 1 is 1.09 bits per heavy atom. The summed E-state index contributed by atoms with van der Waals surface area (Å²) in [6.07, 6.45) is 2.34. The van der Waals surface area contributed by atoms with Gasteiger partial charge in [-0.2, -0.15) is 0 Å². The van der Waals surface area contributed by atoms with Crippen molar-refractivity contribution >= 4 is 23.7 Å². The molecule has 0 saturated carbocycles. The first-order chi connectivity index (χ1) is 16.5. The maximum absolute atomic E-state index is 13.5. The van der Waals surface area contributed by atoms with Crippen LogP contribution >= 0.6 is 0 Å². The number of carboxylic acids is 1. The zero-order valence-electron chi connectivity index (χ0n) is 21.2. The number of benzene rings is 1. The number of carbonyl (C=O) groups is 4. The summed E-state index contributed by atoms with van der Waals surface area (Å²) in [5, 5.41) is 15.1. The number of nitrogens with two attached hydrogens (primary N) is 1. The first kappa shape index (κ1) is 28.3. The molecule has 0 aliphatic carbocycles. The lowest BCUT2D eigenvalue weighted by Gasteiger charge is -2.31. The van der Waals surface area contributed by atoms with Crippen molar-refractivity contribution in [3.8, 4) is 0 Å². The SMILES string of the molecule is CCC(C)C(N)C(=O)NC(CC(C)C)C(=O)N1CCCC1C(=O)NC(Cc1ccccc1)C(=O)O. The van der Waals surface area contributed by atoms with Gasteiger partial charge in [-0.25, -0.2) is 4.79 Å². The second-order valence-corrected chi connectivity index (χ2v) is 9.88. The standard InChI is InChI=1S/C26H40N4O5/c1-5-17(4)22(27)24(32)28-19(14-16(2)3)25(33)30-13-9-12-21(30)23(31)29-20(26(34)35)15-18-10-7-6-8-11-18/h6-8,10-11,16-17,19-22H,5,9,12-15,27H2,1-4H3,(H,28,32)(H,29,31)(H,34,35). The van der Waals surface area contributed by atoms with E-state index in [0.29, 0.717) is 25.8 Å². The van der Waals surface area contributed by atoms with Gasteiger partial charge < -0.3 is 26.4 Å². The number of carbonyl (C=O) groups excluding carboxylic acids is 3. The van der Waals surface area contributed by atoms with Crippen molar-refractivity contribution in [2.45, 2.75) is 84.0 Å². The van der Waals surface area contributed by atoms with Gasteiger partial charge in [0.15, 0.2) is 0 Å². The summed E-state index contributed by atoms with van der Waals surface area (Å²) < 4.78 is 0. The van der Waals surface area contributed by atoms with E-state index in [1.54, 1.807) is 12.1 Å². The first-order valence-electron chi connectivity index (χ1n) is 12.5. The number of amides is 3. The lowest BCUT2D eigenvalue weighted by Crippen LogP contribution is -2.57. The second kappa shape index (κ2) is 13.2. The fourth-order valence-corrected chi connectivity index (χ4v) is 4.29. The normalized spacial score (nSPS) is 19.0. The molecule has 5 N–H and O–H groups in total. The van der Waals surface area contributed by atoms with E-state index >= 15 is 0 Å². The Morgan fingerprint density at radius 2 is 1.74 bits per heavy atom. The Kier molecular flexibility index (Phi) is 10.7. The minimum Gasteiger partial charge on any atom is -0.480 e. The van der Waals surface area contributed by atoms with E-state index < -0.39 is 36.0 Å². The van der Waals surface area contributed by atoms with Crippen molar-refractivity contribution in [1.29, 1.82) is 0 Å². The highest BCUT2D eigenvalue weighted by Gasteiger charge is 2.39. The van der Waals surface area contributed by atoms with E-state index in [4.69, 9.17) is 5.73 Å². The van der Waals surface area contributed by atoms with Crippen LogP contribution in [0.25, 0.3) is 0 Å². The molecule has 1 saturated heterocycles. The summed E-state index contributed by atoms with van der Waals surface area (Å²) in [7, 11) is 0. The molecule has 1 fully saturated rings. The molecule has 1 heterocycles. The van der Waals surface area contributed by atoms with Gasteiger partial charge in [-0.15, -0.1) is 0 Å². The predicted octanol–water partition coefficient (Wildman–Crippen LogP) is 1.69. The molecule has 1 aliphatic heterocycles. The van der Waals surface area contributed by atoms with Crippen LogP contribution in [0.3, 0.4) is 0 Å². The molecule has 5 unspecified atom stereocenters. The summed E-state index contributed by atoms with van der Waals surface area (Å²) in [5.41, 5.74) is 6.86. The number of rotatable bonds is 12. The van der Waals surface area contributed by atoms with Gasteiger partial charge in [0.2, 0.25) is 17.7 Å². The Balaban J connectivity index is 2.13. The molecule has 5 atom stereocenters. The highest BCUT2D eigenvalue weighted by molar-refractivity contribution is 5.94. The third-order valence-electron chi connectivity index (χ3n) is 6.62. The summed E-state index contributed by atoms with van der Waals surface area (Å²) in [4.78, 5) is 52.6. The zero-order valence-corrected chi connectivity index (χ0v) is 21.2. The van der Waals surface area contributed by atoms with Gasteiger partial charge in [-0.1, -0.05) is 64.4 Å². The number of hydrogen-bond donors (Lipinski definition) is 4.